The zero-order valence-corrected chi connectivity index (χ0v) is 10.3. The van der Waals surface area contributed by atoms with Gasteiger partial charge < -0.3 is 15.5 Å². The van der Waals surface area contributed by atoms with Crippen molar-refractivity contribution >= 4 is 17.6 Å². The number of nitrogens with one attached hydrogen (secondary N) is 2. The minimum Gasteiger partial charge on any atom is -0.354 e. The number of nitriles is 1. The third-order valence-electron chi connectivity index (χ3n) is 2.87. The maximum absolute atomic E-state index is 12.0. The lowest BCUT2D eigenvalue weighted by Gasteiger charge is -2.20. The van der Waals surface area contributed by atoms with Crippen LogP contribution in [0.5, 0.6) is 0 Å². The predicted molar refractivity (Wildman–Crippen MR) is 69.4 cm³/mol. The van der Waals surface area contributed by atoms with Crippen LogP contribution in [0.4, 0.5) is 10.5 Å². The highest BCUT2D eigenvalue weighted by Gasteiger charge is 2.18. The molecule has 0 radical (unpaired) electrons. The number of rotatable bonds is 1. The first-order valence-electron chi connectivity index (χ1n) is 6.02. The first-order valence-corrected chi connectivity index (χ1v) is 6.02. The Labute approximate surface area is 111 Å². The summed E-state index contributed by atoms with van der Waals surface area (Å²) in [7, 11) is 0. The van der Waals surface area contributed by atoms with E-state index >= 15 is 0 Å². The molecule has 1 saturated heterocycles. The molecule has 6 heteroatoms. The molecule has 1 fully saturated rings. The molecule has 0 aromatic heterocycles. The summed E-state index contributed by atoms with van der Waals surface area (Å²) in [6, 6.07) is 8.42. The van der Waals surface area contributed by atoms with Crippen LogP contribution in [0.15, 0.2) is 24.3 Å². The highest BCUT2D eigenvalue weighted by Crippen LogP contribution is 2.10. The van der Waals surface area contributed by atoms with Crippen molar-refractivity contribution in [3.05, 3.63) is 29.8 Å². The minimum atomic E-state index is -0.235. The molecule has 98 valence electrons. The summed E-state index contributed by atoms with van der Waals surface area (Å²) in [5.41, 5.74) is 1.18. The molecule has 0 atom stereocenters. The van der Waals surface area contributed by atoms with Crippen LogP contribution >= 0.6 is 0 Å². The quantitative estimate of drug-likeness (QED) is 0.785. The summed E-state index contributed by atoms with van der Waals surface area (Å²) in [6.45, 7) is 1.38. The van der Waals surface area contributed by atoms with Crippen LogP contribution in [0.25, 0.3) is 0 Å². The van der Waals surface area contributed by atoms with Crippen LogP contribution in [0.2, 0.25) is 0 Å². The van der Waals surface area contributed by atoms with E-state index in [1.54, 1.807) is 29.2 Å². The van der Waals surface area contributed by atoms with Gasteiger partial charge in [0.25, 0.3) is 0 Å². The Morgan fingerprint density at radius 1 is 1.32 bits per heavy atom. The van der Waals surface area contributed by atoms with Crippen molar-refractivity contribution in [3.8, 4) is 6.07 Å². The number of anilines is 1. The maximum atomic E-state index is 12.0. The first kappa shape index (κ1) is 12.9. The average Bonchev–Trinajstić information content (AvgIpc) is 2.64. The van der Waals surface area contributed by atoms with Crippen molar-refractivity contribution in [2.24, 2.45) is 0 Å². The van der Waals surface area contributed by atoms with Gasteiger partial charge in [-0.25, -0.2) is 4.79 Å². The number of nitrogens with zero attached hydrogens (tertiary/aromatic N) is 2. The number of amides is 3. The van der Waals surface area contributed by atoms with Gasteiger partial charge in [-0.3, -0.25) is 4.79 Å². The van der Waals surface area contributed by atoms with Crippen LogP contribution in [0.3, 0.4) is 0 Å². The van der Waals surface area contributed by atoms with Gasteiger partial charge in [0.05, 0.1) is 11.6 Å². The van der Waals surface area contributed by atoms with Crippen molar-refractivity contribution in [2.75, 3.05) is 25.0 Å². The van der Waals surface area contributed by atoms with Gasteiger partial charge >= 0.3 is 6.03 Å². The van der Waals surface area contributed by atoms with Crippen molar-refractivity contribution in [1.82, 2.24) is 10.2 Å². The van der Waals surface area contributed by atoms with Crippen molar-refractivity contribution in [1.29, 1.82) is 5.26 Å². The van der Waals surface area contributed by atoms with E-state index in [9.17, 15) is 9.59 Å². The Morgan fingerprint density at radius 3 is 2.74 bits per heavy atom. The summed E-state index contributed by atoms with van der Waals surface area (Å²) in [5, 5.41) is 14.1. The number of benzene rings is 1. The fourth-order valence-electron chi connectivity index (χ4n) is 1.80. The van der Waals surface area contributed by atoms with E-state index in [4.69, 9.17) is 5.26 Å². The normalized spacial score (nSPS) is 15.1. The molecule has 1 aliphatic heterocycles. The van der Waals surface area contributed by atoms with Gasteiger partial charge in [-0.2, -0.15) is 5.26 Å². The second-order valence-electron chi connectivity index (χ2n) is 4.21. The summed E-state index contributed by atoms with van der Waals surface area (Å²) in [6.07, 6.45) is 0.320. The molecule has 1 aliphatic rings. The van der Waals surface area contributed by atoms with E-state index in [0.29, 0.717) is 37.3 Å². The highest BCUT2D eigenvalue weighted by molar-refractivity contribution is 5.90. The summed E-state index contributed by atoms with van der Waals surface area (Å²) < 4.78 is 0. The fraction of sp³-hybridized carbons (Fsp3) is 0.308. The molecule has 1 aromatic rings. The molecule has 0 bridgehead atoms. The Hall–Kier alpha value is -2.55. The molecule has 3 amide bonds. The molecule has 2 N–H and O–H groups in total. The van der Waals surface area contributed by atoms with Gasteiger partial charge in [-0.15, -0.1) is 0 Å². The molecular formula is C13H14N4O2. The molecule has 2 rings (SSSR count). The molecule has 0 aliphatic carbocycles. The lowest BCUT2D eigenvalue weighted by atomic mass is 10.2. The second-order valence-corrected chi connectivity index (χ2v) is 4.21. The summed E-state index contributed by atoms with van der Waals surface area (Å²) in [4.78, 5) is 24.8. The lowest BCUT2D eigenvalue weighted by Crippen LogP contribution is -2.37. The number of carbonyl (C=O) groups excluding carboxylic acids is 2. The maximum Gasteiger partial charge on any atom is 0.321 e. The molecule has 1 aromatic carbocycles. The largest absolute Gasteiger partial charge is 0.354 e. The van der Waals surface area contributed by atoms with E-state index in [-0.39, 0.29) is 11.9 Å². The molecular weight excluding hydrogens is 244 g/mol. The first-order chi connectivity index (χ1) is 9.19. The van der Waals surface area contributed by atoms with Gasteiger partial charge in [0, 0.05) is 31.7 Å². The highest BCUT2D eigenvalue weighted by atomic mass is 16.2. The summed E-state index contributed by atoms with van der Waals surface area (Å²) in [5.74, 6) is -0.0336. The van der Waals surface area contributed by atoms with Gasteiger partial charge in [0.2, 0.25) is 5.91 Å². The second kappa shape index (κ2) is 5.87. The predicted octanol–water partition coefficient (Wildman–Crippen LogP) is 0.912. The van der Waals surface area contributed by atoms with Crippen LogP contribution in [0, 0.1) is 11.3 Å². The lowest BCUT2D eigenvalue weighted by molar-refractivity contribution is -0.120. The smallest absolute Gasteiger partial charge is 0.321 e. The summed E-state index contributed by atoms with van der Waals surface area (Å²) >= 11 is 0. The average molecular weight is 258 g/mol. The van der Waals surface area contributed by atoms with Crippen LogP contribution < -0.4 is 10.6 Å². The monoisotopic (exact) mass is 258 g/mol. The van der Waals surface area contributed by atoms with Crippen molar-refractivity contribution < 1.29 is 9.59 Å². The van der Waals surface area contributed by atoms with Gasteiger partial charge in [-0.05, 0) is 24.3 Å². The molecule has 0 saturated carbocycles. The number of carbonyl (C=O) groups is 2. The van der Waals surface area contributed by atoms with Crippen LogP contribution in [-0.4, -0.2) is 36.5 Å². The molecule has 0 unspecified atom stereocenters. The van der Waals surface area contributed by atoms with Gasteiger partial charge in [0.1, 0.15) is 0 Å². The molecule has 19 heavy (non-hydrogen) atoms. The zero-order valence-electron chi connectivity index (χ0n) is 10.3. The standard InChI is InChI=1S/C13H14N4O2/c14-9-10-1-3-11(4-2-10)16-13(19)17-7-5-12(18)15-6-8-17/h1-4H,5-8H2,(H,15,18)(H,16,19). The minimum absolute atomic E-state index is 0.0336. The Kier molecular flexibility index (Phi) is 3.98. The van der Waals surface area contributed by atoms with E-state index in [1.165, 1.54) is 0 Å². The Morgan fingerprint density at radius 2 is 2.05 bits per heavy atom. The van der Waals surface area contributed by atoms with Gasteiger partial charge in [0.15, 0.2) is 0 Å². The topological polar surface area (TPSA) is 85.2 Å². The van der Waals surface area contributed by atoms with E-state index in [2.05, 4.69) is 10.6 Å². The fourth-order valence-corrected chi connectivity index (χ4v) is 1.80. The van der Waals surface area contributed by atoms with Crippen molar-refractivity contribution in [3.63, 3.8) is 0 Å². The number of urea groups is 1. The van der Waals surface area contributed by atoms with Crippen LogP contribution in [0.1, 0.15) is 12.0 Å². The Balaban J connectivity index is 1.96. The van der Waals surface area contributed by atoms with E-state index < -0.39 is 0 Å². The SMILES string of the molecule is N#Cc1ccc(NC(=O)N2CCNC(=O)CC2)cc1. The molecule has 1 heterocycles. The van der Waals surface area contributed by atoms with Crippen molar-refractivity contribution in [2.45, 2.75) is 6.42 Å². The Bertz CT molecular complexity index is 518. The van der Waals surface area contributed by atoms with E-state index in [0.717, 1.165) is 0 Å². The molecule has 0 spiro atoms. The number of hydrogen-bond donors (Lipinski definition) is 2. The van der Waals surface area contributed by atoms with Crippen LogP contribution in [-0.2, 0) is 4.79 Å². The number of hydrogen-bond acceptors (Lipinski definition) is 3. The van der Waals surface area contributed by atoms with E-state index in [1.807, 2.05) is 6.07 Å². The zero-order chi connectivity index (χ0) is 13.7. The van der Waals surface area contributed by atoms with Gasteiger partial charge in [-0.1, -0.05) is 0 Å². The molecule has 6 nitrogen and oxygen atoms in total. The third kappa shape index (κ3) is 3.45. The third-order valence-corrected chi connectivity index (χ3v) is 2.87.